The van der Waals surface area contributed by atoms with Crippen molar-refractivity contribution in [2.75, 3.05) is 13.6 Å². The lowest BCUT2D eigenvalue weighted by Gasteiger charge is -2.32. The van der Waals surface area contributed by atoms with Gasteiger partial charge < -0.3 is 19.4 Å². The molecule has 138 valence electrons. The van der Waals surface area contributed by atoms with E-state index >= 15 is 0 Å². The molecule has 0 radical (unpaired) electrons. The second-order valence-corrected chi connectivity index (χ2v) is 6.95. The molecule has 1 aromatic carbocycles. The van der Waals surface area contributed by atoms with E-state index in [4.69, 9.17) is 9.31 Å². The monoisotopic (exact) mass is 357 g/mol. The van der Waals surface area contributed by atoms with Crippen LogP contribution in [0.1, 0.15) is 33.3 Å². The molecule has 0 amide bonds. The molecule has 25 heavy (non-hydrogen) atoms. The Balaban J connectivity index is 2.20. The average Bonchev–Trinajstić information content (AvgIpc) is 2.67. The van der Waals surface area contributed by atoms with Crippen molar-refractivity contribution >= 4 is 13.2 Å². The van der Waals surface area contributed by atoms with Gasteiger partial charge in [0.15, 0.2) is 0 Å². The van der Waals surface area contributed by atoms with Crippen molar-refractivity contribution in [1.29, 1.82) is 0 Å². The number of hydrogen-bond acceptors (Lipinski definition) is 4. The highest BCUT2D eigenvalue weighted by molar-refractivity contribution is 6.55. The van der Waals surface area contributed by atoms with Crippen LogP contribution in [0.25, 0.3) is 6.08 Å². The molecule has 2 rings (SSSR count). The van der Waals surface area contributed by atoms with E-state index in [2.05, 4.69) is 10.1 Å². The Kier molecular flexibility index (Phi) is 5.56. The predicted octanol–water partition coefficient (Wildman–Crippen LogP) is 3.82. The minimum Gasteiger partial charge on any atom is -0.406 e. The second kappa shape index (κ2) is 7.01. The highest BCUT2D eigenvalue weighted by atomic mass is 19.4. The molecule has 0 spiro atoms. The van der Waals surface area contributed by atoms with Crippen molar-refractivity contribution in [3.8, 4) is 5.75 Å². The molecule has 1 fully saturated rings. The third-order valence-corrected chi connectivity index (χ3v) is 4.40. The van der Waals surface area contributed by atoms with E-state index < -0.39 is 24.7 Å². The van der Waals surface area contributed by atoms with E-state index in [0.717, 1.165) is 11.0 Å². The van der Waals surface area contributed by atoms with Gasteiger partial charge >= 0.3 is 13.5 Å². The normalized spacial score (nSPS) is 20.0. The smallest absolute Gasteiger partial charge is 0.406 e. The third-order valence-electron chi connectivity index (χ3n) is 4.40. The molecule has 1 heterocycles. The summed E-state index contributed by atoms with van der Waals surface area (Å²) < 4.78 is 52.6. The summed E-state index contributed by atoms with van der Waals surface area (Å²) in [6, 6.07) is 5.67. The fourth-order valence-electron chi connectivity index (χ4n) is 2.38. The minimum absolute atomic E-state index is 0.254. The van der Waals surface area contributed by atoms with Crippen molar-refractivity contribution in [2.45, 2.75) is 45.3 Å². The van der Waals surface area contributed by atoms with Crippen LogP contribution in [-0.2, 0) is 9.31 Å². The highest BCUT2D eigenvalue weighted by Crippen LogP contribution is 2.38. The Morgan fingerprint density at radius 1 is 1.12 bits per heavy atom. The molecular weight excluding hydrogens is 334 g/mol. The highest BCUT2D eigenvalue weighted by Gasteiger charge is 2.52. The number of halogens is 3. The van der Waals surface area contributed by atoms with E-state index in [1.165, 1.54) is 12.1 Å². The van der Waals surface area contributed by atoms with E-state index in [-0.39, 0.29) is 5.75 Å². The molecule has 8 heteroatoms. The number of rotatable bonds is 5. The maximum atomic E-state index is 12.2. The van der Waals surface area contributed by atoms with Crippen LogP contribution < -0.4 is 10.1 Å². The van der Waals surface area contributed by atoms with Gasteiger partial charge in [-0.25, -0.2) is 0 Å². The van der Waals surface area contributed by atoms with Crippen LogP contribution in [-0.4, -0.2) is 38.3 Å². The SMILES string of the molecule is CNCC(=Cc1ccc(OC(F)(F)F)cc1)B1OC(C)(C)C(C)(C)O1. The Morgan fingerprint density at radius 3 is 2.08 bits per heavy atom. The number of likely N-dealkylation sites (N-methyl/N-ethyl adjacent to an activating group) is 1. The predicted molar refractivity (Wildman–Crippen MR) is 91.1 cm³/mol. The maximum Gasteiger partial charge on any atom is 0.573 e. The van der Waals surface area contributed by atoms with Gasteiger partial charge in [0.05, 0.1) is 11.2 Å². The van der Waals surface area contributed by atoms with Gasteiger partial charge in [-0.3, -0.25) is 0 Å². The lowest BCUT2D eigenvalue weighted by Crippen LogP contribution is -2.41. The Bertz CT molecular complexity index is 611. The van der Waals surface area contributed by atoms with E-state index in [1.807, 2.05) is 33.8 Å². The maximum absolute atomic E-state index is 12.2. The summed E-state index contributed by atoms with van der Waals surface area (Å²) in [5.74, 6) is -0.254. The molecule has 1 N–H and O–H groups in total. The van der Waals surface area contributed by atoms with Crippen molar-refractivity contribution < 1.29 is 27.2 Å². The van der Waals surface area contributed by atoms with Crippen molar-refractivity contribution in [1.82, 2.24) is 5.32 Å². The molecule has 4 nitrogen and oxygen atoms in total. The number of ether oxygens (including phenoxy) is 1. The molecule has 0 unspecified atom stereocenters. The molecule has 0 aromatic heterocycles. The summed E-state index contributed by atoms with van der Waals surface area (Å²) in [4.78, 5) is 0. The third kappa shape index (κ3) is 4.99. The first-order valence-electron chi connectivity index (χ1n) is 8.00. The molecule has 0 aliphatic carbocycles. The zero-order valence-corrected chi connectivity index (χ0v) is 15.0. The zero-order valence-electron chi connectivity index (χ0n) is 15.0. The molecule has 1 saturated heterocycles. The lowest BCUT2D eigenvalue weighted by atomic mass is 9.77. The van der Waals surface area contributed by atoms with Gasteiger partial charge in [-0.15, -0.1) is 13.2 Å². The first kappa shape index (κ1) is 19.8. The second-order valence-electron chi connectivity index (χ2n) is 6.95. The summed E-state index contributed by atoms with van der Waals surface area (Å²) >= 11 is 0. The van der Waals surface area contributed by atoms with E-state index in [9.17, 15) is 13.2 Å². The van der Waals surface area contributed by atoms with Crippen LogP contribution in [0.3, 0.4) is 0 Å². The summed E-state index contributed by atoms with van der Waals surface area (Å²) in [6.07, 6.45) is -2.85. The molecule has 1 aliphatic heterocycles. The largest absolute Gasteiger partial charge is 0.573 e. The van der Waals surface area contributed by atoms with E-state index in [1.54, 1.807) is 19.2 Å². The van der Waals surface area contributed by atoms with Crippen molar-refractivity contribution in [3.05, 3.63) is 35.3 Å². The van der Waals surface area contributed by atoms with Crippen LogP contribution in [0, 0.1) is 0 Å². The van der Waals surface area contributed by atoms with Crippen LogP contribution in [0.2, 0.25) is 0 Å². The first-order valence-corrected chi connectivity index (χ1v) is 8.00. The van der Waals surface area contributed by atoms with Gasteiger partial charge in [-0.2, -0.15) is 0 Å². The number of hydrogen-bond donors (Lipinski definition) is 1. The van der Waals surface area contributed by atoms with Gasteiger partial charge in [-0.1, -0.05) is 18.2 Å². The van der Waals surface area contributed by atoms with Crippen LogP contribution >= 0.6 is 0 Å². The lowest BCUT2D eigenvalue weighted by molar-refractivity contribution is -0.274. The van der Waals surface area contributed by atoms with Gasteiger partial charge in [0, 0.05) is 6.54 Å². The first-order chi connectivity index (χ1) is 11.4. The summed E-state index contributed by atoms with van der Waals surface area (Å²) in [7, 11) is 1.28. The fourth-order valence-corrected chi connectivity index (χ4v) is 2.38. The van der Waals surface area contributed by atoms with E-state index in [0.29, 0.717) is 6.54 Å². The molecule has 1 aromatic rings. The van der Waals surface area contributed by atoms with Gasteiger partial charge in [0.2, 0.25) is 0 Å². The van der Waals surface area contributed by atoms with Gasteiger partial charge in [0.1, 0.15) is 5.75 Å². The van der Waals surface area contributed by atoms with Crippen LogP contribution in [0.4, 0.5) is 13.2 Å². The molecule has 1 aliphatic rings. The fraction of sp³-hybridized carbons (Fsp3) is 0.529. The number of alkyl halides is 3. The molecule has 0 saturated carbocycles. The quantitative estimate of drug-likeness (QED) is 0.814. The summed E-state index contributed by atoms with van der Waals surface area (Å²) in [6.45, 7) is 8.39. The van der Waals surface area contributed by atoms with Crippen LogP contribution in [0.15, 0.2) is 29.7 Å². The molecular formula is C17H23BF3NO3. The summed E-state index contributed by atoms with van der Waals surface area (Å²) in [5.41, 5.74) is 0.657. The average molecular weight is 357 g/mol. The zero-order chi connectivity index (χ0) is 18.9. The van der Waals surface area contributed by atoms with Gasteiger partial charge in [0.25, 0.3) is 0 Å². The number of nitrogens with one attached hydrogen (secondary N) is 1. The topological polar surface area (TPSA) is 39.7 Å². The van der Waals surface area contributed by atoms with Crippen molar-refractivity contribution in [3.63, 3.8) is 0 Å². The number of benzene rings is 1. The van der Waals surface area contributed by atoms with Gasteiger partial charge in [-0.05, 0) is 57.9 Å². The molecule has 0 bridgehead atoms. The summed E-state index contributed by atoms with van der Waals surface area (Å²) in [5, 5.41) is 3.06. The standard InChI is InChI=1S/C17H23BF3NO3/c1-15(2)16(3,4)25-18(24-15)13(11-22-5)10-12-6-8-14(9-7-12)23-17(19,20)21/h6-10,22H,11H2,1-5H3. The Labute approximate surface area is 146 Å². The minimum atomic E-state index is -4.70. The molecule has 0 atom stereocenters. The Hall–Kier alpha value is -1.51. The Morgan fingerprint density at radius 2 is 1.64 bits per heavy atom. The van der Waals surface area contributed by atoms with Crippen molar-refractivity contribution in [2.24, 2.45) is 0 Å². The van der Waals surface area contributed by atoms with Crippen LogP contribution in [0.5, 0.6) is 5.75 Å².